The highest BCUT2D eigenvalue weighted by molar-refractivity contribution is 9.10. The van der Waals surface area contributed by atoms with Crippen molar-refractivity contribution in [2.24, 2.45) is 5.10 Å². The Labute approximate surface area is 190 Å². The maximum absolute atomic E-state index is 12.3. The highest BCUT2D eigenvalue weighted by Crippen LogP contribution is 2.23. The first-order valence-electron chi connectivity index (χ1n) is 9.65. The lowest BCUT2D eigenvalue weighted by molar-refractivity contribution is -0.127. The number of methoxy groups -OCH3 is 1. The number of hydrogen-bond acceptors (Lipinski definition) is 5. The number of ether oxygens (including phenoxy) is 3. The van der Waals surface area contributed by atoms with Gasteiger partial charge in [-0.3, -0.25) is 4.79 Å². The monoisotopic (exact) mass is 482 g/mol. The molecule has 1 amide bonds. The van der Waals surface area contributed by atoms with E-state index in [9.17, 15) is 4.79 Å². The van der Waals surface area contributed by atoms with Gasteiger partial charge in [-0.2, -0.15) is 5.10 Å². The number of rotatable bonds is 9. The van der Waals surface area contributed by atoms with Crippen molar-refractivity contribution >= 4 is 28.1 Å². The molecule has 0 aliphatic carbocycles. The van der Waals surface area contributed by atoms with Crippen molar-refractivity contribution < 1.29 is 19.0 Å². The van der Waals surface area contributed by atoms with Crippen LogP contribution in [0.3, 0.4) is 0 Å². The van der Waals surface area contributed by atoms with Crippen molar-refractivity contribution in [2.75, 3.05) is 7.11 Å². The molecule has 0 radical (unpaired) electrons. The smallest absolute Gasteiger partial charge is 0.280 e. The SMILES string of the molecule is COc1cccc(OC(C)C(=O)N/N=C/c2cc(Br)ccc2OCc2ccccc2)c1. The van der Waals surface area contributed by atoms with E-state index in [1.807, 2.05) is 48.5 Å². The van der Waals surface area contributed by atoms with E-state index >= 15 is 0 Å². The molecular weight excluding hydrogens is 460 g/mol. The van der Waals surface area contributed by atoms with Crippen molar-refractivity contribution in [2.45, 2.75) is 19.6 Å². The molecule has 1 unspecified atom stereocenters. The molecule has 0 aliphatic rings. The molecule has 0 spiro atoms. The zero-order chi connectivity index (χ0) is 22.1. The predicted octanol–water partition coefficient (Wildman–Crippen LogP) is 4.95. The van der Waals surface area contributed by atoms with Gasteiger partial charge in [-0.25, -0.2) is 5.43 Å². The molecule has 0 saturated heterocycles. The van der Waals surface area contributed by atoms with Gasteiger partial charge in [0.2, 0.25) is 0 Å². The second-order valence-corrected chi connectivity index (χ2v) is 7.55. The van der Waals surface area contributed by atoms with E-state index in [-0.39, 0.29) is 5.91 Å². The molecule has 1 atom stereocenters. The molecule has 0 fully saturated rings. The number of nitrogens with zero attached hydrogens (tertiary/aromatic N) is 1. The van der Waals surface area contributed by atoms with Gasteiger partial charge in [0.15, 0.2) is 6.10 Å². The largest absolute Gasteiger partial charge is 0.497 e. The first kappa shape index (κ1) is 22.4. The lowest BCUT2D eigenvalue weighted by atomic mass is 10.2. The molecule has 3 aromatic rings. The highest BCUT2D eigenvalue weighted by Gasteiger charge is 2.14. The molecule has 1 N–H and O–H groups in total. The van der Waals surface area contributed by atoms with Crippen LogP contribution in [-0.2, 0) is 11.4 Å². The number of carbonyl (C=O) groups is 1. The summed E-state index contributed by atoms with van der Waals surface area (Å²) in [6, 6.07) is 22.6. The van der Waals surface area contributed by atoms with E-state index < -0.39 is 6.10 Å². The van der Waals surface area contributed by atoms with Crippen molar-refractivity contribution in [3.05, 3.63) is 88.4 Å². The van der Waals surface area contributed by atoms with Crippen LogP contribution in [0.4, 0.5) is 0 Å². The molecule has 3 aromatic carbocycles. The summed E-state index contributed by atoms with van der Waals surface area (Å²) in [5.41, 5.74) is 4.29. The molecule has 0 heterocycles. The van der Waals surface area contributed by atoms with Gasteiger partial charge in [-0.15, -0.1) is 0 Å². The van der Waals surface area contributed by atoms with Gasteiger partial charge in [0.25, 0.3) is 5.91 Å². The number of hydrazone groups is 1. The first-order chi connectivity index (χ1) is 15.0. The van der Waals surface area contributed by atoms with E-state index in [0.717, 1.165) is 15.6 Å². The number of hydrogen-bond donors (Lipinski definition) is 1. The minimum atomic E-state index is -0.736. The van der Waals surface area contributed by atoms with Crippen molar-refractivity contribution in [3.63, 3.8) is 0 Å². The van der Waals surface area contributed by atoms with Crippen LogP contribution in [0.15, 0.2) is 82.4 Å². The number of nitrogens with one attached hydrogen (secondary N) is 1. The van der Waals surface area contributed by atoms with E-state index in [4.69, 9.17) is 14.2 Å². The maximum atomic E-state index is 12.3. The Morgan fingerprint density at radius 2 is 1.84 bits per heavy atom. The Morgan fingerprint density at radius 3 is 2.61 bits per heavy atom. The zero-order valence-corrected chi connectivity index (χ0v) is 18.8. The highest BCUT2D eigenvalue weighted by atomic mass is 79.9. The summed E-state index contributed by atoms with van der Waals surface area (Å²) in [5.74, 6) is 1.47. The summed E-state index contributed by atoms with van der Waals surface area (Å²) in [6.45, 7) is 2.08. The fraction of sp³-hybridized carbons (Fsp3) is 0.167. The molecule has 0 aromatic heterocycles. The van der Waals surface area contributed by atoms with Gasteiger partial charge >= 0.3 is 0 Å². The number of amides is 1. The van der Waals surface area contributed by atoms with Crippen LogP contribution in [0.2, 0.25) is 0 Å². The van der Waals surface area contributed by atoms with Crippen molar-refractivity contribution in [3.8, 4) is 17.2 Å². The van der Waals surface area contributed by atoms with Crippen molar-refractivity contribution in [1.82, 2.24) is 5.43 Å². The van der Waals surface area contributed by atoms with Crippen molar-refractivity contribution in [1.29, 1.82) is 0 Å². The van der Waals surface area contributed by atoms with Gasteiger partial charge in [0, 0.05) is 16.1 Å². The molecule has 3 rings (SSSR count). The lowest BCUT2D eigenvalue weighted by Gasteiger charge is -2.13. The quantitative estimate of drug-likeness (QED) is 0.345. The van der Waals surface area contributed by atoms with Crippen LogP contribution in [-0.4, -0.2) is 25.3 Å². The Morgan fingerprint density at radius 1 is 1.06 bits per heavy atom. The fourth-order valence-electron chi connectivity index (χ4n) is 2.68. The molecular formula is C24H23BrN2O4. The summed E-state index contributed by atoms with van der Waals surface area (Å²) in [6.07, 6.45) is 0.807. The van der Waals surface area contributed by atoms with E-state index in [0.29, 0.717) is 23.9 Å². The second kappa shape index (κ2) is 11.2. The number of benzene rings is 3. The first-order valence-corrected chi connectivity index (χ1v) is 10.4. The Balaban J connectivity index is 1.60. The third-order valence-corrected chi connectivity index (χ3v) is 4.80. The van der Waals surface area contributed by atoms with Gasteiger partial charge < -0.3 is 14.2 Å². The summed E-state index contributed by atoms with van der Waals surface area (Å²) >= 11 is 3.45. The molecule has 7 heteroatoms. The van der Waals surface area contributed by atoms with E-state index in [1.54, 1.807) is 44.5 Å². The maximum Gasteiger partial charge on any atom is 0.280 e. The van der Waals surface area contributed by atoms with E-state index in [1.165, 1.54) is 0 Å². The lowest BCUT2D eigenvalue weighted by Crippen LogP contribution is -2.33. The summed E-state index contributed by atoms with van der Waals surface area (Å²) in [4.78, 5) is 12.3. The number of carbonyl (C=O) groups excluding carboxylic acids is 1. The Kier molecular flexibility index (Phi) is 8.06. The standard InChI is InChI=1S/C24H23BrN2O4/c1-17(31-22-10-6-9-21(14-22)29-2)24(28)27-26-15-19-13-20(25)11-12-23(19)30-16-18-7-4-3-5-8-18/h3-15,17H,16H2,1-2H3,(H,27,28)/b26-15+. The average molecular weight is 483 g/mol. The predicted molar refractivity (Wildman–Crippen MR) is 124 cm³/mol. The van der Waals surface area contributed by atoms with Gasteiger partial charge in [-0.05, 0) is 42.8 Å². The van der Waals surface area contributed by atoms with Gasteiger partial charge in [0.1, 0.15) is 23.9 Å². The minimum absolute atomic E-state index is 0.374. The average Bonchev–Trinajstić information content (AvgIpc) is 2.79. The topological polar surface area (TPSA) is 69.2 Å². The van der Waals surface area contributed by atoms with Crippen LogP contribution >= 0.6 is 15.9 Å². The molecule has 0 bridgehead atoms. The van der Waals surface area contributed by atoms with E-state index in [2.05, 4.69) is 26.5 Å². The van der Waals surface area contributed by atoms with Crippen LogP contribution in [0, 0.1) is 0 Å². The Hall–Kier alpha value is -3.32. The molecule has 0 aliphatic heterocycles. The van der Waals surface area contributed by atoms with Crippen LogP contribution in [0.25, 0.3) is 0 Å². The van der Waals surface area contributed by atoms with Crippen LogP contribution < -0.4 is 19.6 Å². The summed E-state index contributed by atoms with van der Waals surface area (Å²) in [7, 11) is 1.57. The normalized spacial score (nSPS) is 11.7. The molecule has 160 valence electrons. The second-order valence-electron chi connectivity index (χ2n) is 6.63. The molecule has 31 heavy (non-hydrogen) atoms. The third kappa shape index (κ3) is 6.86. The van der Waals surface area contributed by atoms with Gasteiger partial charge in [-0.1, -0.05) is 52.3 Å². The fourth-order valence-corrected chi connectivity index (χ4v) is 3.05. The zero-order valence-electron chi connectivity index (χ0n) is 17.2. The number of halogens is 1. The van der Waals surface area contributed by atoms with Gasteiger partial charge in [0.05, 0.1) is 13.3 Å². The van der Waals surface area contributed by atoms with Crippen LogP contribution in [0.1, 0.15) is 18.1 Å². The summed E-state index contributed by atoms with van der Waals surface area (Å²) in [5, 5.41) is 4.06. The molecule has 6 nitrogen and oxygen atoms in total. The Bertz CT molecular complexity index is 1040. The van der Waals surface area contributed by atoms with Crippen LogP contribution in [0.5, 0.6) is 17.2 Å². The third-order valence-electron chi connectivity index (χ3n) is 4.31. The molecule has 0 saturated carbocycles. The minimum Gasteiger partial charge on any atom is -0.497 e. The summed E-state index contributed by atoms with van der Waals surface area (Å²) < 4.78 is 17.6.